The van der Waals surface area contributed by atoms with Crippen molar-refractivity contribution in [2.45, 2.75) is 26.3 Å². The molecule has 0 unspecified atom stereocenters. The smallest absolute Gasteiger partial charge is 0.269 e. The highest BCUT2D eigenvalue weighted by Crippen LogP contribution is 2.14. The average Bonchev–Trinajstić information content (AvgIpc) is 2.16. The molecule has 6 heteroatoms. The summed E-state index contributed by atoms with van der Waals surface area (Å²) in [7, 11) is 0. The largest absolute Gasteiger partial charge is 0.270 e. The van der Waals surface area contributed by atoms with Crippen molar-refractivity contribution in [3.63, 3.8) is 0 Å². The predicted molar refractivity (Wildman–Crippen MR) is 68.6 cm³/mol. The maximum Gasteiger partial charge on any atom is 0.269 e. The number of carbonyl (C=O) groups excluding carboxylic acids is 1. The topological polar surface area (TPSA) is 32.3 Å². The SMILES string of the molecule is CC(C)(C)N(Cl)NC(=O)c1ccccc1F.Cl. The highest BCUT2D eigenvalue weighted by molar-refractivity contribution is 6.14. The average molecular weight is 281 g/mol. The molecule has 0 aliphatic carbocycles. The third-order valence-electron chi connectivity index (χ3n) is 1.91. The zero-order valence-corrected chi connectivity index (χ0v) is 11.4. The summed E-state index contributed by atoms with van der Waals surface area (Å²) in [5.74, 6) is -1.14. The van der Waals surface area contributed by atoms with E-state index in [0.717, 1.165) is 4.53 Å². The van der Waals surface area contributed by atoms with Crippen LogP contribution in [0.3, 0.4) is 0 Å². The minimum atomic E-state index is -0.570. The molecule has 0 spiro atoms. The van der Waals surface area contributed by atoms with Gasteiger partial charge in [0.25, 0.3) is 5.91 Å². The number of hydrogen-bond donors (Lipinski definition) is 1. The summed E-state index contributed by atoms with van der Waals surface area (Å²) >= 11 is 5.83. The summed E-state index contributed by atoms with van der Waals surface area (Å²) in [5.41, 5.74) is 1.92. The van der Waals surface area contributed by atoms with Crippen LogP contribution >= 0.6 is 24.2 Å². The fourth-order valence-corrected chi connectivity index (χ4v) is 1.04. The van der Waals surface area contributed by atoms with Gasteiger partial charge < -0.3 is 0 Å². The zero-order chi connectivity index (χ0) is 12.3. The second-order valence-electron chi connectivity index (χ2n) is 4.37. The minimum Gasteiger partial charge on any atom is -0.270 e. The van der Waals surface area contributed by atoms with E-state index in [1.165, 1.54) is 18.2 Å². The van der Waals surface area contributed by atoms with Crippen molar-refractivity contribution in [2.75, 3.05) is 0 Å². The molecule has 0 fully saturated rings. The molecule has 1 rings (SSSR count). The van der Waals surface area contributed by atoms with Crippen LogP contribution in [0, 0.1) is 5.82 Å². The fraction of sp³-hybridized carbons (Fsp3) is 0.364. The number of amides is 1. The number of nitrogens with zero attached hydrogens (tertiary/aromatic N) is 1. The van der Waals surface area contributed by atoms with Crippen molar-refractivity contribution >= 4 is 30.1 Å². The molecule has 0 aromatic heterocycles. The third kappa shape index (κ3) is 4.50. The quantitative estimate of drug-likeness (QED) is 0.667. The molecule has 0 atom stereocenters. The van der Waals surface area contributed by atoms with Crippen molar-refractivity contribution in [3.05, 3.63) is 35.6 Å². The minimum absolute atomic E-state index is 0. The Hall–Kier alpha value is -0.840. The fourth-order valence-electron chi connectivity index (χ4n) is 0.962. The van der Waals surface area contributed by atoms with E-state index in [9.17, 15) is 9.18 Å². The standard InChI is InChI=1S/C11H14ClFN2O.ClH/c1-11(2,3)15(12)14-10(16)8-6-4-5-7-9(8)13;/h4-7H,1-3H3,(H,14,16);1H. The monoisotopic (exact) mass is 280 g/mol. The van der Waals surface area contributed by atoms with Gasteiger partial charge in [0.15, 0.2) is 0 Å². The Morgan fingerprint density at radius 2 is 1.88 bits per heavy atom. The van der Waals surface area contributed by atoms with E-state index in [-0.39, 0.29) is 18.0 Å². The molecule has 0 saturated heterocycles. The van der Waals surface area contributed by atoms with Crippen LogP contribution in [0.15, 0.2) is 24.3 Å². The third-order valence-corrected chi connectivity index (χ3v) is 2.50. The van der Waals surface area contributed by atoms with Gasteiger partial charge in [0.2, 0.25) is 0 Å². The lowest BCUT2D eigenvalue weighted by Gasteiger charge is -2.28. The van der Waals surface area contributed by atoms with Crippen LogP contribution in [0.2, 0.25) is 0 Å². The molecule has 17 heavy (non-hydrogen) atoms. The first-order chi connectivity index (χ1) is 7.32. The van der Waals surface area contributed by atoms with Gasteiger partial charge in [-0.25, -0.2) is 4.39 Å². The van der Waals surface area contributed by atoms with Crippen LogP contribution in [-0.2, 0) is 0 Å². The van der Waals surface area contributed by atoms with E-state index in [1.54, 1.807) is 6.07 Å². The number of benzene rings is 1. The first-order valence-corrected chi connectivity index (χ1v) is 5.17. The summed E-state index contributed by atoms with van der Waals surface area (Å²) in [5, 5.41) is 0. The summed E-state index contributed by atoms with van der Waals surface area (Å²) in [6, 6.07) is 5.74. The molecule has 96 valence electrons. The first-order valence-electron chi connectivity index (χ1n) is 4.84. The van der Waals surface area contributed by atoms with Crippen LogP contribution in [0.4, 0.5) is 4.39 Å². The molecule has 3 nitrogen and oxygen atoms in total. The van der Waals surface area contributed by atoms with E-state index in [2.05, 4.69) is 5.43 Å². The molecule has 1 amide bonds. The Labute approximate surface area is 111 Å². The molecular weight excluding hydrogens is 266 g/mol. The highest BCUT2D eigenvalue weighted by Gasteiger charge is 2.22. The molecule has 0 radical (unpaired) electrons. The van der Waals surface area contributed by atoms with Gasteiger partial charge >= 0.3 is 0 Å². The number of halogens is 3. The zero-order valence-electron chi connectivity index (χ0n) is 9.83. The highest BCUT2D eigenvalue weighted by atomic mass is 35.5. The second-order valence-corrected chi connectivity index (χ2v) is 4.71. The number of hydrazine groups is 1. The van der Waals surface area contributed by atoms with Crippen molar-refractivity contribution < 1.29 is 9.18 Å². The summed E-state index contributed by atoms with van der Waals surface area (Å²) < 4.78 is 14.4. The van der Waals surface area contributed by atoms with Crippen LogP contribution in [0.1, 0.15) is 31.1 Å². The molecule has 1 N–H and O–H groups in total. The van der Waals surface area contributed by atoms with Crippen molar-refractivity contribution in [3.8, 4) is 0 Å². The van der Waals surface area contributed by atoms with Gasteiger partial charge in [0.1, 0.15) is 5.82 Å². The summed E-state index contributed by atoms with van der Waals surface area (Å²) in [6.07, 6.45) is 0. The predicted octanol–water partition coefficient (Wildman–Crippen LogP) is 3.15. The van der Waals surface area contributed by atoms with Crippen molar-refractivity contribution in [2.24, 2.45) is 0 Å². The lowest BCUT2D eigenvalue weighted by molar-refractivity contribution is 0.0801. The van der Waals surface area contributed by atoms with Crippen LogP contribution in [-0.4, -0.2) is 16.0 Å². The van der Waals surface area contributed by atoms with Gasteiger partial charge in [0, 0.05) is 17.3 Å². The normalized spacial score (nSPS) is 10.9. The van der Waals surface area contributed by atoms with Crippen LogP contribution < -0.4 is 5.43 Å². The van der Waals surface area contributed by atoms with Gasteiger partial charge in [0.05, 0.1) is 5.56 Å². The summed E-state index contributed by atoms with van der Waals surface area (Å²) in [6.45, 7) is 5.46. The van der Waals surface area contributed by atoms with E-state index in [4.69, 9.17) is 11.8 Å². The Kier molecular flexibility index (Phi) is 5.88. The lowest BCUT2D eigenvalue weighted by atomic mass is 10.1. The van der Waals surface area contributed by atoms with Gasteiger partial charge in [-0.1, -0.05) is 12.1 Å². The molecule has 0 aliphatic heterocycles. The van der Waals surface area contributed by atoms with E-state index >= 15 is 0 Å². The Morgan fingerprint density at radius 3 is 2.35 bits per heavy atom. The maximum absolute atomic E-state index is 13.3. The molecule has 0 bridgehead atoms. The van der Waals surface area contributed by atoms with Gasteiger partial charge in [-0.3, -0.25) is 10.2 Å². The van der Waals surface area contributed by atoms with Crippen molar-refractivity contribution in [1.29, 1.82) is 0 Å². The first kappa shape index (κ1) is 16.2. The van der Waals surface area contributed by atoms with Gasteiger partial charge in [-0.05, 0) is 32.9 Å². The number of rotatable bonds is 2. The van der Waals surface area contributed by atoms with Crippen molar-refractivity contribution in [1.82, 2.24) is 9.95 Å². The van der Waals surface area contributed by atoms with E-state index in [1.807, 2.05) is 20.8 Å². The number of hydrogen-bond acceptors (Lipinski definition) is 2. The Balaban J connectivity index is 0.00000256. The van der Waals surface area contributed by atoms with Crippen LogP contribution in [0.25, 0.3) is 0 Å². The molecule has 1 aromatic rings. The number of nitrogens with one attached hydrogen (secondary N) is 1. The molecular formula is C11H15Cl2FN2O. The van der Waals surface area contributed by atoms with E-state index in [0.29, 0.717) is 0 Å². The Bertz CT molecular complexity index is 393. The molecule has 1 aromatic carbocycles. The lowest BCUT2D eigenvalue weighted by Crippen LogP contribution is -2.46. The molecule has 0 aliphatic rings. The van der Waals surface area contributed by atoms with E-state index < -0.39 is 17.3 Å². The van der Waals surface area contributed by atoms with Gasteiger partial charge in [-0.15, -0.1) is 16.9 Å². The van der Waals surface area contributed by atoms with Crippen LogP contribution in [0.5, 0.6) is 0 Å². The summed E-state index contributed by atoms with van der Waals surface area (Å²) in [4.78, 5) is 11.6. The van der Waals surface area contributed by atoms with Gasteiger partial charge in [-0.2, -0.15) is 0 Å². The Morgan fingerprint density at radius 1 is 1.35 bits per heavy atom. The maximum atomic E-state index is 13.3. The molecule has 0 heterocycles. The second kappa shape index (κ2) is 6.19. The molecule has 0 saturated carbocycles. The number of carbonyl (C=O) groups is 1.